The van der Waals surface area contributed by atoms with Crippen LogP contribution in [-0.2, 0) is 4.79 Å². The fraction of sp³-hybridized carbons (Fsp3) is 0.182. The van der Waals surface area contributed by atoms with Gasteiger partial charge in [-0.1, -0.05) is 59.8 Å². The van der Waals surface area contributed by atoms with Crippen LogP contribution in [0, 0.1) is 32.1 Å². The number of aromatic nitrogens is 2. The summed E-state index contributed by atoms with van der Waals surface area (Å²) < 4.78 is 0. The first kappa shape index (κ1) is 19.6. The van der Waals surface area contributed by atoms with Gasteiger partial charge in [0.05, 0.1) is 5.69 Å². The highest BCUT2D eigenvalue weighted by Crippen LogP contribution is 2.37. The van der Waals surface area contributed by atoms with Crippen LogP contribution in [0.4, 0.5) is 5.69 Å². The summed E-state index contributed by atoms with van der Waals surface area (Å²) in [5, 5.41) is 12.5. The lowest BCUT2D eigenvalue weighted by Gasteiger charge is -2.18. The number of rotatable bonds is 5. The molecular weight excluding hydrogens is 368 g/mol. The molecule has 0 fully saturated rings. The molecule has 140 valence electrons. The predicted molar refractivity (Wildman–Crippen MR) is 111 cm³/mol. The molecule has 1 heterocycles. The van der Waals surface area contributed by atoms with Gasteiger partial charge in [0.25, 0.3) is 0 Å². The SMILES string of the molecule is Cc1ccc(NC(=O)C(Sc2nc(C)nc(C)c2C#N)c2ccccc2)cc1. The molecule has 1 unspecified atom stereocenters. The van der Waals surface area contributed by atoms with E-state index >= 15 is 0 Å². The Labute approximate surface area is 168 Å². The summed E-state index contributed by atoms with van der Waals surface area (Å²) in [6.07, 6.45) is 0. The molecule has 0 saturated heterocycles. The molecule has 6 heteroatoms. The summed E-state index contributed by atoms with van der Waals surface area (Å²) in [7, 11) is 0. The highest BCUT2D eigenvalue weighted by Gasteiger charge is 2.25. The number of hydrogen-bond donors (Lipinski definition) is 1. The first-order valence-electron chi connectivity index (χ1n) is 8.82. The summed E-state index contributed by atoms with van der Waals surface area (Å²) in [5.41, 5.74) is 3.71. The maximum atomic E-state index is 13.1. The van der Waals surface area contributed by atoms with Gasteiger partial charge in [0.2, 0.25) is 5.91 Å². The number of benzene rings is 2. The van der Waals surface area contributed by atoms with E-state index in [2.05, 4.69) is 21.4 Å². The zero-order chi connectivity index (χ0) is 20.1. The molecule has 28 heavy (non-hydrogen) atoms. The van der Waals surface area contributed by atoms with Crippen LogP contribution in [0.1, 0.15) is 33.5 Å². The second kappa shape index (κ2) is 8.68. The molecular formula is C22H20N4OS. The molecule has 5 nitrogen and oxygen atoms in total. The van der Waals surface area contributed by atoms with Gasteiger partial charge >= 0.3 is 0 Å². The van der Waals surface area contributed by atoms with E-state index in [4.69, 9.17) is 0 Å². The van der Waals surface area contributed by atoms with E-state index in [0.717, 1.165) is 16.8 Å². The predicted octanol–water partition coefficient (Wildman–Crippen LogP) is 4.75. The van der Waals surface area contributed by atoms with Gasteiger partial charge in [-0.05, 0) is 38.5 Å². The maximum Gasteiger partial charge on any atom is 0.242 e. The van der Waals surface area contributed by atoms with Gasteiger partial charge in [-0.15, -0.1) is 0 Å². The number of hydrogen-bond acceptors (Lipinski definition) is 5. The topological polar surface area (TPSA) is 78.7 Å². The fourth-order valence-electron chi connectivity index (χ4n) is 2.75. The lowest BCUT2D eigenvalue weighted by atomic mass is 10.1. The van der Waals surface area contributed by atoms with Gasteiger partial charge in [0.1, 0.15) is 27.7 Å². The number of amides is 1. The summed E-state index contributed by atoms with van der Waals surface area (Å²) in [4.78, 5) is 21.8. The van der Waals surface area contributed by atoms with E-state index in [1.807, 2.05) is 61.5 Å². The second-order valence-electron chi connectivity index (χ2n) is 6.41. The Morgan fingerprint density at radius 2 is 1.71 bits per heavy atom. The third kappa shape index (κ3) is 4.56. The molecule has 1 amide bonds. The summed E-state index contributed by atoms with van der Waals surface area (Å²) in [5.74, 6) is 0.405. The summed E-state index contributed by atoms with van der Waals surface area (Å²) >= 11 is 1.27. The molecule has 0 aliphatic heterocycles. The van der Waals surface area contributed by atoms with Crippen molar-refractivity contribution >= 4 is 23.4 Å². The number of thioether (sulfide) groups is 1. The summed E-state index contributed by atoms with van der Waals surface area (Å²) in [6, 6.07) is 19.3. The smallest absolute Gasteiger partial charge is 0.242 e. The van der Waals surface area contributed by atoms with Crippen molar-refractivity contribution in [2.24, 2.45) is 0 Å². The molecule has 0 saturated carbocycles. The molecule has 0 aliphatic carbocycles. The minimum Gasteiger partial charge on any atom is -0.325 e. The first-order valence-corrected chi connectivity index (χ1v) is 9.70. The second-order valence-corrected chi connectivity index (χ2v) is 7.51. The van der Waals surface area contributed by atoms with Crippen LogP contribution in [0.2, 0.25) is 0 Å². The van der Waals surface area contributed by atoms with E-state index in [0.29, 0.717) is 22.1 Å². The number of nitrogens with zero attached hydrogens (tertiary/aromatic N) is 3. The van der Waals surface area contributed by atoms with E-state index in [9.17, 15) is 10.1 Å². The van der Waals surface area contributed by atoms with Crippen molar-refractivity contribution in [3.05, 3.63) is 82.8 Å². The zero-order valence-corrected chi connectivity index (χ0v) is 16.7. The van der Waals surface area contributed by atoms with E-state index in [1.165, 1.54) is 11.8 Å². The van der Waals surface area contributed by atoms with Crippen LogP contribution in [0.15, 0.2) is 59.6 Å². The van der Waals surface area contributed by atoms with Gasteiger partial charge < -0.3 is 5.32 Å². The number of aryl methyl sites for hydroxylation is 3. The quantitative estimate of drug-likeness (QED) is 0.504. The van der Waals surface area contributed by atoms with Crippen molar-refractivity contribution < 1.29 is 4.79 Å². The van der Waals surface area contributed by atoms with Crippen LogP contribution in [0.25, 0.3) is 0 Å². The van der Waals surface area contributed by atoms with E-state index < -0.39 is 5.25 Å². The molecule has 0 spiro atoms. The zero-order valence-electron chi connectivity index (χ0n) is 15.9. The van der Waals surface area contributed by atoms with Crippen molar-refractivity contribution in [3.8, 4) is 6.07 Å². The van der Waals surface area contributed by atoms with Crippen molar-refractivity contribution in [3.63, 3.8) is 0 Å². The van der Waals surface area contributed by atoms with Crippen LogP contribution < -0.4 is 5.32 Å². The number of nitrogens with one attached hydrogen (secondary N) is 1. The Morgan fingerprint density at radius 1 is 1.04 bits per heavy atom. The highest BCUT2D eigenvalue weighted by atomic mass is 32.2. The van der Waals surface area contributed by atoms with Crippen molar-refractivity contribution in [1.29, 1.82) is 5.26 Å². The van der Waals surface area contributed by atoms with Crippen LogP contribution in [-0.4, -0.2) is 15.9 Å². The van der Waals surface area contributed by atoms with Crippen LogP contribution in [0.5, 0.6) is 0 Å². The molecule has 0 bridgehead atoms. The third-order valence-electron chi connectivity index (χ3n) is 4.17. The monoisotopic (exact) mass is 388 g/mol. The van der Waals surface area contributed by atoms with Crippen molar-refractivity contribution in [2.75, 3.05) is 5.32 Å². The van der Waals surface area contributed by atoms with E-state index in [-0.39, 0.29) is 5.91 Å². The first-order chi connectivity index (χ1) is 13.5. The van der Waals surface area contributed by atoms with Gasteiger partial charge in [-0.2, -0.15) is 5.26 Å². The Kier molecular flexibility index (Phi) is 6.07. The number of nitriles is 1. The molecule has 1 aromatic heterocycles. The highest BCUT2D eigenvalue weighted by molar-refractivity contribution is 8.00. The third-order valence-corrected chi connectivity index (χ3v) is 5.41. The lowest BCUT2D eigenvalue weighted by molar-refractivity contribution is -0.115. The largest absolute Gasteiger partial charge is 0.325 e. The molecule has 1 N–H and O–H groups in total. The van der Waals surface area contributed by atoms with Crippen molar-refractivity contribution in [1.82, 2.24) is 9.97 Å². The molecule has 3 rings (SSSR count). The molecule has 1 atom stereocenters. The van der Waals surface area contributed by atoms with Gasteiger partial charge in [0.15, 0.2) is 0 Å². The molecule has 3 aromatic rings. The molecule has 0 aliphatic rings. The standard InChI is InChI=1S/C22H20N4OS/c1-14-9-11-18(12-10-14)26-21(27)20(17-7-5-4-6-8-17)28-22-19(13-23)15(2)24-16(3)25-22/h4-12,20H,1-3H3,(H,26,27). The Morgan fingerprint density at radius 3 is 2.36 bits per heavy atom. The Hall–Kier alpha value is -3.17. The van der Waals surface area contributed by atoms with E-state index in [1.54, 1.807) is 13.8 Å². The average Bonchev–Trinajstić information content (AvgIpc) is 2.68. The van der Waals surface area contributed by atoms with Crippen LogP contribution >= 0.6 is 11.8 Å². The minimum atomic E-state index is -0.552. The fourth-order valence-corrected chi connectivity index (χ4v) is 3.93. The molecule has 0 radical (unpaired) electrons. The Bertz CT molecular complexity index is 1030. The lowest BCUT2D eigenvalue weighted by Crippen LogP contribution is -2.19. The van der Waals surface area contributed by atoms with Gasteiger partial charge in [-0.3, -0.25) is 4.79 Å². The number of carbonyl (C=O) groups excluding carboxylic acids is 1. The van der Waals surface area contributed by atoms with Gasteiger partial charge in [-0.25, -0.2) is 9.97 Å². The number of anilines is 1. The number of carbonyl (C=O) groups is 1. The van der Waals surface area contributed by atoms with Gasteiger partial charge in [0, 0.05) is 5.69 Å². The summed E-state index contributed by atoms with van der Waals surface area (Å²) in [6.45, 7) is 5.56. The average molecular weight is 388 g/mol. The minimum absolute atomic E-state index is 0.169. The normalized spacial score (nSPS) is 11.5. The Balaban J connectivity index is 1.96. The maximum absolute atomic E-state index is 13.1. The van der Waals surface area contributed by atoms with Crippen LogP contribution in [0.3, 0.4) is 0 Å². The molecule has 2 aromatic carbocycles. The van der Waals surface area contributed by atoms with Crippen molar-refractivity contribution in [2.45, 2.75) is 31.0 Å².